The number of carbonyl (C=O) groups is 1. The molecule has 10 heteroatoms. The smallest absolute Gasteiger partial charge is 0.333 e. The molecule has 0 amide bonds. The predicted molar refractivity (Wildman–Crippen MR) is 106 cm³/mol. The van der Waals surface area contributed by atoms with Crippen molar-refractivity contribution in [2.75, 3.05) is 27.5 Å². The Balaban J connectivity index is 1.80. The first-order chi connectivity index (χ1) is 14.3. The van der Waals surface area contributed by atoms with Crippen LogP contribution in [0, 0.1) is 0 Å². The number of ketones is 1. The van der Waals surface area contributed by atoms with Crippen LogP contribution in [-0.2, 0) is 20.5 Å². The van der Waals surface area contributed by atoms with Crippen molar-refractivity contribution in [3.8, 4) is 23.1 Å². The van der Waals surface area contributed by atoms with E-state index in [1.165, 1.54) is 21.2 Å². The summed E-state index contributed by atoms with van der Waals surface area (Å²) in [5.74, 6) is 0.397. The van der Waals surface area contributed by atoms with E-state index in [0.29, 0.717) is 23.8 Å². The molecule has 30 heavy (non-hydrogen) atoms. The van der Waals surface area contributed by atoms with E-state index in [-0.39, 0.29) is 13.2 Å². The Morgan fingerprint density at radius 1 is 1.23 bits per heavy atom. The number of aromatic nitrogens is 2. The molecule has 1 unspecified atom stereocenters. The van der Waals surface area contributed by atoms with Gasteiger partial charge in [0.05, 0.1) is 7.11 Å². The van der Waals surface area contributed by atoms with Gasteiger partial charge in [0, 0.05) is 38.7 Å². The summed E-state index contributed by atoms with van der Waals surface area (Å²) in [5.41, 5.74) is -0.157. The quantitative estimate of drug-likeness (QED) is 0.709. The van der Waals surface area contributed by atoms with E-state index in [2.05, 4.69) is 0 Å². The molecular weight excluding hydrogens is 394 g/mol. The van der Waals surface area contributed by atoms with E-state index < -0.39 is 34.5 Å². The Bertz CT molecular complexity index is 1160. The van der Waals surface area contributed by atoms with Gasteiger partial charge in [-0.1, -0.05) is 0 Å². The van der Waals surface area contributed by atoms with Crippen LogP contribution in [0.15, 0.2) is 15.7 Å². The molecule has 0 spiro atoms. The summed E-state index contributed by atoms with van der Waals surface area (Å²) in [7, 11) is 5.98. The number of fused-ring (bicyclic) bond motifs is 2. The first kappa shape index (κ1) is 20.0. The van der Waals surface area contributed by atoms with Crippen LogP contribution in [0.3, 0.4) is 0 Å². The standard InChI is InChI=1S/C20H23N3O7/c1-21-6-5-10-7-13-16(30-9-29-13)17(28-4)14(10)11(21)8-12(24)15-18(25)22(2)20(27)23(3)19(15)26/h7,11,25H,5-6,8-9H2,1-4H3. The average molecular weight is 417 g/mol. The maximum absolute atomic E-state index is 13.1. The highest BCUT2D eigenvalue weighted by molar-refractivity contribution is 5.98. The van der Waals surface area contributed by atoms with E-state index in [1.54, 1.807) is 0 Å². The average Bonchev–Trinajstić information content (AvgIpc) is 3.19. The Morgan fingerprint density at radius 2 is 1.97 bits per heavy atom. The summed E-state index contributed by atoms with van der Waals surface area (Å²) in [5, 5.41) is 10.3. The molecule has 1 N–H and O–H groups in total. The molecule has 1 atom stereocenters. The molecular formula is C20H23N3O7. The molecule has 2 aliphatic rings. The third-order valence-corrected chi connectivity index (χ3v) is 5.84. The van der Waals surface area contributed by atoms with E-state index >= 15 is 0 Å². The van der Waals surface area contributed by atoms with E-state index in [1.807, 2.05) is 18.0 Å². The van der Waals surface area contributed by atoms with E-state index in [0.717, 1.165) is 26.7 Å². The topological polar surface area (TPSA) is 112 Å². The van der Waals surface area contributed by atoms with Crippen molar-refractivity contribution in [2.45, 2.75) is 18.9 Å². The first-order valence-electron chi connectivity index (χ1n) is 9.48. The maximum atomic E-state index is 13.1. The highest BCUT2D eigenvalue weighted by Gasteiger charge is 2.36. The van der Waals surface area contributed by atoms with Crippen molar-refractivity contribution in [2.24, 2.45) is 14.1 Å². The second-order valence-electron chi connectivity index (χ2n) is 7.49. The first-order valence-corrected chi connectivity index (χ1v) is 9.48. The molecule has 2 aromatic rings. The van der Waals surface area contributed by atoms with Gasteiger partial charge in [0.25, 0.3) is 5.56 Å². The summed E-state index contributed by atoms with van der Waals surface area (Å²) in [6, 6.07) is 1.49. The van der Waals surface area contributed by atoms with Crippen molar-refractivity contribution in [1.29, 1.82) is 0 Å². The number of aromatic hydroxyl groups is 1. The molecule has 10 nitrogen and oxygen atoms in total. The number of benzene rings is 1. The van der Waals surface area contributed by atoms with Gasteiger partial charge in [0.15, 0.2) is 17.3 Å². The fourth-order valence-electron chi connectivity index (χ4n) is 4.14. The Morgan fingerprint density at radius 3 is 2.67 bits per heavy atom. The summed E-state index contributed by atoms with van der Waals surface area (Å²) >= 11 is 0. The van der Waals surface area contributed by atoms with Gasteiger partial charge in [-0.05, 0) is 25.1 Å². The number of hydrogen-bond donors (Lipinski definition) is 1. The molecule has 2 aliphatic heterocycles. The van der Waals surface area contributed by atoms with Crippen molar-refractivity contribution < 1.29 is 24.1 Å². The van der Waals surface area contributed by atoms with Gasteiger partial charge in [-0.2, -0.15) is 0 Å². The lowest BCUT2D eigenvalue weighted by Gasteiger charge is -2.35. The fourth-order valence-corrected chi connectivity index (χ4v) is 4.14. The van der Waals surface area contributed by atoms with Crippen LogP contribution in [0.25, 0.3) is 0 Å². The Kier molecular flexibility index (Phi) is 4.81. The lowest BCUT2D eigenvalue weighted by molar-refractivity contribution is 0.0918. The number of ether oxygens (including phenoxy) is 3. The van der Waals surface area contributed by atoms with Crippen molar-refractivity contribution in [1.82, 2.24) is 14.0 Å². The molecule has 0 aliphatic carbocycles. The van der Waals surface area contributed by atoms with Gasteiger partial charge in [0.2, 0.25) is 18.4 Å². The van der Waals surface area contributed by atoms with E-state index in [4.69, 9.17) is 14.2 Å². The lowest BCUT2D eigenvalue weighted by atomic mass is 9.87. The number of Topliss-reactive ketones (excluding diaryl/α,β-unsaturated/α-hetero) is 1. The summed E-state index contributed by atoms with van der Waals surface area (Å²) in [6.07, 6.45) is 0.650. The summed E-state index contributed by atoms with van der Waals surface area (Å²) < 4.78 is 18.4. The molecule has 0 saturated carbocycles. The second-order valence-corrected chi connectivity index (χ2v) is 7.49. The normalized spacial score (nSPS) is 17.7. The molecule has 0 fully saturated rings. The Hall–Kier alpha value is -3.27. The van der Waals surface area contributed by atoms with Crippen LogP contribution < -0.4 is 25.5 Å². The predicted octanol–water partition coefficient (Wildman–Crippen LogP) is 0.329. The van der Waals surface area contributed by atoms with Crippen LogP contribution >= 0.6 is 0 Å². The molecule has 1 aromatic heterocycles. The molecule has 160 valence electrons. The van der Waals surface area contributed by atoms with Gasteiger partial charge >= 0.3 is 5.69 Å². The number of nitrogens with zero attached hydrogens (tertiary/aromatic N) is 3. The SMILES string of the molecule is COc1c2c(cc3c1C(CC(=O)c1c(O)n(C)c(=O)n(C)c1=O)N(C)CC3)OCO2. The van der Waals surface area contributed by atoms with E-state index in [9.17, 15) is 19.5 Å². The van der Waals surface area contributed by atoms with Gasteiger partial charge in [-0.15, -0.1) is 0 Å². The van der Waals surface area contributed by atoms with Gasteiger partial charge < -0.3 is 19.3 Å². The zero-order chi connectivity index (χ0) is 21.7. The number of carbonyl (C=O) groups excluding carboxylic acids is 1. The number of methoxy groups -OCH3 is 1. The molecule has 3 heterocycles. The van der Waals surface area contributed by atoms with Crippen LogP contribution in [0.2, 0.25) is 0 Å². The van der Waals surface area contributed by atoms with Crippen LogP contribution in [0.4, 0.5) is 0 Å². The molecule has 1 aromatic carbocycles. The molecule has 0 radical (unpaired) electrons. The zero-order valence-corrected chi connectivity index (χ0v) is 17.2. The highest BCUT2D eigenvalue weighted by atomic mass is 16.7. The number of rotatable bonds is 4. The third-order valence-electron chi connectivity index (χ3n) is 5.84. The highest BCUT2D eigenvalue weighted by Crippen LogP contribution is 2.50. The van der Waals surface area contributed by atoms with Crippen LogP contribution in [-0.4, -0.2) is 52.4 Å². The fraction of sp³-hybridized carbons (Fsp3) is 0.450. The minimum Gasteiger partial charge on any atom is -0.494 e. The third kappa shape index (κ3) is 2.86. The van der Waals surface area contributed by atoms with Gasteiger partial charge in [0.1, 0.15) is 5.56 Å². The van der Waals surface area contributed by atoms with Gasteiger partial charge in [-0.3, -0.25) is 23.6 Å². The van der Waals surface area contributed by atoms with Crippen molar-refractivity contribution >= 4 is 5.78 Å². The number of likely N-dealkylation sites (N-methyl/N-ethyl adjacent to an activating group) is 1. The maximum Gasteiger partial charge on any atom is 0.333 e. The largest absolute Gasteiger partial charge is 0.494 e. The summed E-state index contributed by atoms with van der Waals surface area (Å²) in [4.78, 5) is 39.7. The molecule has 0 saturated heterocycles. The molecule has 0 bridgehead atoms. The van der Waals surface area contributed by atoms with Crippen molar-refractivity contribution in [3.63, 3.8) is 0 Å². The minimum atomic E-state index is -0.822. The zero-order valence-electron chi connectivity index (χ0n) is 17.2. The van der Waals surface area contributed by atoms with Gasteiger partial charge in [-0.25, -0.2) is 4.79 Å². The molecule has 4 rings (SSSR count). The van der Waals surface area contributed by atoms with Crippen LogP contribution in [0.5, 0.6) is 23.1 Å². The van der Waals surface area contributed by atoms with Crippen LogP contribution in [0.1, 0.15) is 33.9 Å². The Labute approximate surface area is 171 Å². The lowest BCUT2D eigenvalue weighted by Crippen LogP contribution is -2.41. The number of hydrogen-bond acceptors (Lipinski definition) is 8. The second kappa shape index (κ2) is 7.21. The summed E-state index contributed by atoms with van der Waals surface area (Å²) in [6.45, 7) is 0.779. The minimum absolute atomic E-state index is 0.0828. The van der Waals surface area contributed by atoms with Crippen molar-refractivity contribution in [3.05, 3.63) is 43.6 Å². The monoisotopic (exact) mass is 417 g/mol.